The summed E-state index contributed by atoms with van der Waals surface area (Å²) >= 11 is 0. The molecular formula is C15H22O3. The molecular weight excluding hydrogens is 228 g/mol. The van der Waals surface area contributed by atoms with Crippen molar-refractivity contribution in [2.24, 2.45) is 0 Å². The maximum atomic E-state index is 10.5. The molecule has 3 heteroatoms. The maximum Gasteiger partial charge on any atom is 0.303 e. The van der Waals surface area contributed by atoms with Gasteiger partial charge in [-0.2, -0.15) is 0 Å². The van der Waals surface area contributed by atoms with E-state index in [-0.39, 0.29) is 6.42 Å². The molecule has 0 saturated heterocycles. The Morgan fingerprint density at radius 1 is 1.28 bits per heavy atom. The average Bonchev–Trinajstić information content (AvgIpc) is 2.30. The zero-order valence-electron chi connectivity index (χ0n) is 11.7. The van der Waals surface area contributed by atoms with Gasteiger partial charge in [0.05, 0.1) is 6.61 Å². The number of aryl methyl sites for hydroxylation is 1. The number of ether oxygens (including phenoxy) is 1. The lowest BCUT2D eigenvalue weighted by molar-refractivity contribution is -0.137. The van der Waals surface area contributed by atoms with E-state index < -0.39 is 5.97 Å². The van der Waals surface area contributed by atoms with Gasteiger partial charge in [0.15, 0.2) is 0 Å². The quantitative estimate of drug-likeness (QED) is 0.841. The fourth-order valence-electron chi connectivity index (χ4n) is 2.21. The van der Waals surface area contributed by atoms with Gasteiger partial charge in [-0.05, 0) is 68.9 Å². The molecule has 3 nitrogen and oxygen atoms in total. The van der Waals surface area contributed by atoms with Gasteiger partial charge in [-0.3, -0.25) is 4.79 Å². The Kier molecular flexibility index (Phi) is 5.20. The molecule has 0 amide bonds. The van der Waals surface area contributed by atoms with Crippen LogP contribution >= 0.6 is 0 Å². The summed E-state index contributed by atoms with van der Waals surface area (Å²) < 4.78 is 5.60. The van der Waals surface area contributed by atoms with E-state index in [0.717, 1.165) is 17.7 Å². The van der Waals surface area contributed by atoms with E-state index in [2.05, 4.69) is 26.8 Å². The molecule has 0 fully saturated rings. The molecule has 0 aliphatic carbocycles. The largest absolute Gasteiger partial charge is 0.494 e. The number of hydrogen-bond acceptors (Lipinski definition) is 2. The van der Waals surface area contributed by atoms with Crippen LogP contribution in [0.4, 0.5) is 0 Å². The van der Waals surface area contributed by atoms with Gasteiger partial charge in [-0.1, -0.05) is 0 Å². The lowest BCUT2D eigenvalue weighted by Crippen LogP contribution is -2.03. The molecule has 1 N–H and O–H groups in total. The third kappa shape index (κ3) is 3.49. The summed E-state index contributed by atoms with van der Waals surface area (Å²) in [7, 11) is 0. The highest BCUT2D eigenvalue weighted by Crippen LogP contribution is 2.28. The van der Waals surface area contributed by atoms with Gasteiger partial charge in [0, 0.05) is 6.42 Å². The van der Waals surface area contributed by atoms with Crippen molar-refractivity contribution in [3.8, 4) is 5.75 Å². The van der Waals surface area contributed by atoms with E-state index >= 15 is 0 Å². The van der Waals surface area contributed by atoms with Crippen LogP contribution in [0.1, 0.15) is 42.0 Å². The van der Waals surface area contributed by atoms with Crippen molar-refractivity contribution in [3.05, 3.63) is 28.3 Å². The third-order valence-electron chi connectivity index (χ3n) is 3.33. The van der Waals surface area contributed by atoms with Crippen LogP contribution in [0.2, 0.25) is 0 Å². The zero-order chi connectivity index (χ0) is 13.7. The van der Waals surface area contributed by atoms with Gasteiger partial charge in [0.1, 0.15) is 5.75 Å². The van der Waals surface area contributed by atoms with Gasteiger partial charge in [-0.15, -0.1) is 0 Å². The van der Waals surface area contributed by atoms with Crippen LogP contribution in [0.3, 0.4) is 0 Å². The summed E-state index contributed by atoms with van der Waals surface area (Å²) in [6.45, 7) is 8.84. The highest BCUT2D eigenvalue weighted by atomic mass is 16.5. The Labute approximate surface area is 109 Å². The molecule has 1 aromatic carbocycles. The van der Waals surface area contributed by atoms with Gasteiger partial charge in [0.2, 0.25) is 0 Å². The SMILES string of the molecule is CCOc1cc(C)c(CCCC(=O)O)c(C)c1C. The smallest absolute Gasteiger partial charge is 0.303 e. The maximum absolute atomic E-state index is 10.5. The number of aliphatic carboxylic acids is 1. The molecule has 0 saturated carbocycles. The van der Waals surface area contributed by atoms with Gasteiger partial charge < -0.3 is 9.84 Å². The Morgan fingerprint density at radius 2 is 1.94 bits per heavy atom. The number of carboxylic acids is 1. The van der Waals surface area contributed by atoms with Crippen molar-refractivity contribution in [2.45, 2.75) is 47.0 Å². The van der Waals surface area contributed by atoms with Crippen molar-refractivity contribution >= 4 is 5.97 Å². The second kappa shape index (κ2) is 6.43. The zero-order valence-corrected chi connectivity index (χ0v) is 11.7. The standard InChI is InChI=1S/C15H22O3/c1-5-18-14-9-10(2)13(11(3)12(14)4)7-6-8-15(16)17/h9H,5-8H2,1-4H3,(H,16,17). The second-order valence-electron chi connectivity index (χ2n) is 4.60. The van der Waals surface area contributed by atoms with Crippen molar-refractivity contribution in [3.63, 3.8) is 0 Å². The van der Waals surface area contributed by atoms with Crippen LogP contribution < -0.4 is 4.74 Å². The molecule has 18 heavy (non-hydrogen) atoms. The van der Waals surface area contributed by atoms with E-state index in [1.165, 1.54) is 16.7 Å². The molecule has 0 aromatic heterocycles. The molecule has 1 rings (SSSR count). The van der Waals surface area contributed by atoms with Crippen molar-refractivity contribution in [2.75, 3.05) is 6.61 Å². The minimum atomic E-state index is -0.729. The monoisotopic (exact) mass is 250 g/mol. The minimum Gasteiger partial charge on any atom is -0.494 e. The molecule has 0 unspecified atom stereocenters. The van der Waals surface area contributed by atoms with E-state index in [4.69, 9.17) is 9.84 Å². The van der Waals surface area contributed by atoms with Crippen LogP contribution in [0.5, 0.6) is 5.75 Å². The van der Waals surface area contributed by atoms with E-state index in [1.54, 1.807) is 0 Å². The topological polar surface area (TPSA) is 46.5 Å². The molecule has 100 valence electrons. The molecule has 0 atom stereocenters. The van der Waals surface area contributed by atoms with Crippen LogP contribution in [0.25, 0.3) is 0 Å². The third-order valence-corrected chi connectivity index (χ3v) is 3.33. The molecule has 1 aromatic rings. The number of rotatable bonds is 6. The van der Waals surface area contributed by atoms with E-state index in [0.29, 0.717) is 13.0 Å². The van der Waals surface area contributed by atoms with Gasteiger partial charge in [0.25, 0.3) is 0 Å². The number of carboxylic acid groups (broad SMARTS) is 1. The molecule has 0 aliphatic rings. The van der Waals surface area contributed by atoms with Crippen LogP contribution in [-0.2, 0) is 11.2 Å². The predicted molar refractivity (Wildman–Crippen MR) is 72.4 cm³/mol. The second-order valence-corrected chi connectivity index (χ2v) is 4.60. The lowest BCUT2D eigenvalue weighted by atomic mass is 9.93. The van der Waals surface area contributed by atoms with Gasteiger partial charge >= 0.3 is 5.97 Å². The normalized spacial score (nSPS) is 10.4. The first-order valence-corrected chi connectivity index (χ1v) is 6.41. The van der Waals surface area contributed by atoms with Crippen LogP contribution in [0, 0.1) is 20.8 Å². The highest BCUT2D eigenvalue weighted by molar-refractivity contribution is 5.66. The molecule has 0 bridgehead atoms. The summed E-state index contributed by atoms with van der Waals surface area (Å²) in [6, 6.07) is 2.06. The first-order chi connectivity index (χ1) is 8.47. The van der Waals surface area contributed by atoms with Crippen LogP contribution in [-0.4, -0.2) is 17.7 Å². The summed E-state index contributed by atoms with van der Waals surface area (Å²) in [6.07, 6.45) is 1.73. The van der Waals surface area contributed by atoms with Crippen molar-refractivity contribution < 1.29 is 14.6 Å². The van der Waals surface area contributed by atoms with E-state index in [9.17, 15) is 4.79 Å². The van der Waals surface area contributed by atoms with Crippen LogP contribution in [0.15, 0.2) is 6.07 Å². The highest BCUT2D eigenvalue weighted by Gasteiger charge is 2.11. The number of carbonyl (C=O) groups is 1. The molecule has 0 spiro atoms. The first kappa shape index (κ1) is 14.6. The fourth-order valence-corrected chi connectivity index (χ4v) is 2.21. The summed E-state index contributed by atoms with van der Waals surface area (Å²) in [5, 5.41) is 8.68. The summed E-state index contributed by atoms with van der Waals surface area (Å²) in [5.74, 6) is 0.211. The molecule has 0 heterocycles. The summed E-state index contributed by atoms with van der Waals surface area (Å²) in [5.41, 5.74) is 4.83. The summed E-state index contributed by atoms with van der Waals surface area (Å²) in [4.78, 5) is 10.5. The molecule has 0 radical (unpaired) electrons. The minimum absolute atomic E-state index is 0.227. The fraction of sp³-hybridized carbons (Fsp3) is 0.533. The number of hydrogen-bond donors (Lipinski definition) is 1. The average molecular weight is 250 g/mol. The lowest BCUT2D eigenvalue weighted by Gasteiger charge is -2.16. The van der Waals surface area contributed by atoms with Crippen molar-refractivity contribution in [1.29, 1.82) is 0 Å². The predicted octanol–water partition coefficient (Wildman–Crippen LogP) is 3.42. The Bertz CT molecular complexity index is 436. The Balaban J connectivity index is 2.92. The first-order valence-electron chi connectivity index (χ1n) is 6.41. The number of benzene rings is 1. The Hall–Kier alpha value is -1.51. The van der Waals surface area contributed by atoms with Gasteiger partial charge in [-0.25, -0.2) is 0 Å². The van der Waals surface area contributed by atoms with Crippen molar-refractivity contribution in [1.82, 2.24) is 0 Å². The van der Waals surface area contributed by atoms with E-state index in [1.807, 2.05) is 6.92 Å². The molecule has 0 aliphatic heterocycles. The Morgan fingerprint density at radius 3 is 2.50 bits per heavy atom.